The molecule has 0 saturated heterocycles. The Labute approximate surface area is 157 Å². The van der Waals surface area contributed by atoms with Gasteiger partial charge in [0, 0.05) is 27.0 Å². The standard InChI is InChI=1S/C24H16ClN/c25-22-12-6-4-10-19(22)17-14-15-21-20-11-5-7-13-23(20)26(24(21)16-17)18-8-2-1-3-9-18/h1-16H. The summed E-state index contributed by atoms with van der Waals surface area (Å²) in [6.45, 7) is 0. The van der Waals surface area contributed by atoms with Gasteiger partial charge in [-0.1, -0.05) is 78.3 Å². The Morgan fingerprint density at radius 1 is 0.577 bits per heavy atom. The third-order valence-electron chi connectivity index (χ3n) is 4.87. The van der Waals surface area contributed by atoms with Crippen molar-refractivity contribution in [2.75, 3.05) is 0 Å². The van der Waals surface area contributed by atoms with Crippen molar-refractivity contribution in [3.63, 3.8) is 0 Å². The average molecular weight is 354 g/mol. The molecular weight excluding hydrogens is 338 g/mol. The van der Waals surface area contributed by atoms with Crippen LogP contribution in [0, 0.1) is 0 Å². The van der Waals surface area contributed by atoms with E-state index in [4.69, 9.17) is 11.6 Å². The van der Waals surface area contributed by atoms with Gasteiger partial charge >= 0.3 is 0 Å². The van der Waals surface area contributed by atoms with Crippen molar-refractivity contribution in [2.45, 2.75) is 0 Å². The summed E-state index contributed by atoms with van der Waals surface area (Å²) < 4.78 is 2.32. The molecule has 0 fully saturated rings. The normalized spacial score (nSPS) is 11.3. The lowest BCUT2D eigenvalue weighted by molar-refractivity contribution is 1.18. The molecule has 0 radical (unpaired) electrons. The van der Waals surface area contributed by atoms with Gasteiger partial charge < -0.3 is 4.57 Å². The molecule has 0 unspecified atom stereocenters. The molecule has 5 aromatic rings. The number of hydrogen-bond acceptors (Lipinski definition) is 0. The first kappa shape index (κ1) is 15.2. The van der Waals surface area contributed by atoms with E-state index in [1.807, 2.05) is 24.3 Å². The van der Waals surface area contributed by atoms with E-state index in [0.29, 0.717) is 0 Å². The highest BCUT2D eigenvalue weighted by molar-refractivity contribution is 6.33. The molecule has 0 aliphatic rings. The van der Waals surface area contributed by atoms with Gasteiger partial charge in [0.1, 0.15) is 0 Å². The maximum absolute atomic E-state index is 6.44. The molecule has 0 amide bonds. The third-order valence-corrected chi connectivity index (χ3v) is 5.20. The zero-order valence-corrected chi connectivity index (χ0v) is 14.8. The monoisotopic (exact) mass is 353 g/mol. The highest BCUT2D eigenvalue weighted by Crippen LogP contribution is 2.36. The molecule has 124 valence electrons. The number of rotatable bonds is 2. The van der Waals surface area contributed by atoms with Gasteiger partial charge in [0.15, 0.2) is 0 Å². The first-order chi connectivity index (χ1) is 12.8. The van der Waals surface area contributed by atoms with Crippen LogP contribution in [-0.4, -0.2) is 4.57 Å². The second-order valence-corrected chi connectivity index (χ2v) is 6.81. The van der Waals surface area contributed by atoms with Crippen LogP contribution >= 0.6 is 11.6 Å². The van der Waals surface area contributed by atoms with Crippen LogP contribution in [0.25, 0.3) is 38.6 Å². The second-order valence-electron chi connectivity index (χ2n) is 6.40. The van der Waals surface area contributed by atoms with E-state index >= 15 is 0 Å². The summed E-state index contributed by atoms with van der Waals surface area (Å²) >= 11 is 6.44. The molecule has 0 aliphatic carbocycles. The molecule has 2 heteroatoms. The smallest absolute Gasteiger partial charge is 0.0547 e. The molecule has 5 rings (SSSR count). The number of fused-ring (bicyclic) bond motifs is 3. The van der Waals surface area contributed by atoms with Crippen molar-refractivity contribution in [3.05, 3.63) is 102 Å². The molecule has 4 aromatic carbocycles. The van der Waals surface area contributed by atoms with Crippen LogP contribution in [0.1, 0.15) is 0 Å². The zero-order chi connectivity index (χ0) is 17.5. The van der Waals surface area contributed by atoms with Crippen molar-refractivity contribution < 1.29 is 0 Å². The fourth-order valence-corrected chi connectivity index (χ4v) is 3.93. The molecule has 0 aliphatic heterocycles. The van der Waals surface area contributed by atoms with Crippen LogP contribution in [0.4, 0.5) is 0 Å². The fourth-order valence-electron chi connectivity index (χ4n) is 3.69. The molecule has 1 heterocycles. The third kappa shape index (κ3) is 2.33. The summed E-state index contributed by atoms with van der Waals surface area (Å²) in [4.78, 5) is 0. The van der Waals surface area contributed by atoms with E-state index in [0.717, 1.165) is 21.8 Å². The summed E-state index contributed by atoms with van der Waals surface area (Å²) in [5.74, 6) is 0. The topological polar surface area (TPSA) is 4.93 Å². The second kappa shape index (κ2) is 6.05. The molecule has 1 aromatic heterocycles. The minimum absolute atomic E-state index is 0.772. The lowest BCUT2D eigenvalue weighted by Crippen LogP contribution is -1.93. The minimum atomic E-state index is 0.772. The Kier molecular flexibility index (Phi) is 3.55. The first-order valence-electron chi connectivity index (χ1n) is 8.66. The lowest BCUT2D eigenvalue weighted by Gasteiger charge is -2.09. The van der Waals surface area contributed by atoms with Crippen LogP contribution in [0.3, 0.4) is 0 Å². The minimum Gasteiger partial charge on any atom is -0.309 e. The number of halogens is 1. The van der Waals surface area contributed by atoms with E-state index in [2.05, 4.69) is 77.4 Å². The fraction of sp³-hybridized carbons (Fsp3) is 0. The quantitative estimate of drug-likeness (QED) is 0.319. The van der Waals surface area contributed by atoms with Crippen LogP contribution in [-0.2, 0) is 0 Å². The van der Waals surface area contributed by atoms with E-state index in [1.54, 1.807) is 0 Å². The van der Waals surface area contributed by atoms with E-state index < -0.39 is 0 Å². The van der Waals surface area contributed by atoms with Crippen LogP contribution in [0.2, 0.25) is 5.02 Å². The van der Waals surface area contributed by atoms with Crippen LogP contribution < -0.4 is 0 Å². The van der Waals surface area contributed by atoms with Crippen molar-refractivity contribution in [1.29, 1.82) is 0 Å². The molecule has 0 atom stereocenters. The summed E-state index contributed by atoms with van der Waals surface area (Å²) in [5.41, 5.74) is 5.75. The Hall–Kier alpha value is -3.03. The van der Waals surface area contributed by atoms with Crippen molar-refractivity contribution in [2.24, 2.45) is 0 Å². The van der Waals surface area contributed by atoms with Gasteiger partial charge in [0.2, 0.25) is 0 Å². The number of benzene rings is 4. The van der Waals surface area contributed by atoms with Crippen LogP contribution in [0.15, 0.2) is 97.1 Å². The summed E-state index contributed by atoms with van der Waals surface area (Å²) in [6, 6.07) is 33.6. The van der Waals surface area contributed by atoms with Gasteiger partial charge in [-0.2, -0.15) is 0 Å². The molecule has 0 spiro atoms. The Morgan fingerprint density at radius 3 is 2.12 bits per heavy atom. The number of nitrogens with zero attached hydrogens (tertiary/aromatic N) is 1. The maximum Gasteiger partial charge on any atom is 0.0547 e. The molecule has 0 bridgehead atoms. The van der Waals surface area contributed by atoms with Gasteiger partial charge in [-0.3, -0.25) is 0 Å². The number of hydrogen-bond donors (Lipinski definition) is 0. The van der Waals surface area contributed by atoms with Gasteiger partial charge in [-0.25, -0.2) is 0 Å². The Bertz CT molecular complexity index is 1240. The number of aromatic nitrogens is 1. The molecule has 0 saturated carbocycles. The highest BCUT2D eigenvalue weighted by atomic mass is 35.5. The zero-order valence-electron chi connectivity index (χ0n) is 14.1. The molecule has 1 nitrogen and oxygen atoms in total. The van der Waals surface area contributed by atoms with Gasteiger partial charge in [0.05, 0.1) is 11.0 Å². The lowest BCUT2D eigenvalue weighted by atomic mass is 10.0. The van der Waals surface area contributed by atoms with Crippen molar-refractivity contribution in [3.8, 4) is 16.8 Å². The van der Waals surface area contributed by atoms with Crippen molar-refractivity contribution in [1.82, 2.24) is 4.57 Å². The Morgan fingerprint density at radius 2 is 1.27 bits per heavy atom. The van der Waals surface area contributed by atoms with E-state index in [-0.39, 0.29) is 0 Å². The molecular formula is C24H16ClN. The summed E-state index contributed by atoms with van der Waals surface area (Å²) in [7, 11) is 0. The summed E-state index contributed by atoms with van der Waals surface area (Å²) in [5, 5.41) is 3.28. The van der Waals surface area contributed by atoms with Gasteiger partial charge in [0.25, 0.3) is 0 Å². The van der Waals surface area contributed by atoms with Gasteiger partial charge in [-0.15, -0.1) is 0 Å². The molecule has 0 N–H and O–H groups in total. The van der Waals surface area contributed by atoms with Crippen LogP contribution in [0.5, 0.6) is 0 Å². The Balaban J connectivity index is 1.88. The largest absolute Gasteiger partial charge is 0.309 e. The maximum atomic E-state index is 6.44. The summed E-state index contributed by atoms with van der Waals surface area (Å²) in [6.07, 6.45) is 0. The number of para-hydroxylation sites is 2. The van der Waals surface area contributed by atoms with E-state index in [1.165, 1.54) is 21.8 Å². The van der Waals surface area contributed by atoms with Crippen molar-refractivity contribution >= 4 is 33.4 Å². The first-order valence-corrected chi connectivity index (χ1v) is 9.04. The van der Waals surface area contributed by atoms with E-state index in [9.17, 15) is 0 Å². The van der Waals surface area contributed by atoms with Gasteiger partial charge in [-0.05, 0) is 35.9 Å². The highest BCUT2D eigenvalue weighted by Gasteiger charge is 2.13. The SMILES string of the molecule is Clc1ccccc1-c1ccc2c3ccccc3n(-c3ccccc3)c2c1. The average Bonchev–Trinajstić information content (AvgIpc) is 3.02. The predicted molar refractivity (Wildman–Crippen MR) is 111 cm³/mol. The molecule has 26 heavy (non-hydrogen) atoms. The predicted octanol–water partition coefficient (Wildman–Crippen LogP) is 7.10.